The van der Waals surface area contributed by atoms with Gasteiger partial charge >= 0.3 is 0 Å². The van der Waals surface area contributed by atoms with Crippen molar-refractivity contribution in [3.05, 3.63) is 29.8 Å². The number of ether oxygens (including phenoxy) is 16. The Kier molecular flexibility index (Phi) is 26.3. The summed E-state index contributed by atoms with van der Waals surface area (Å²) in [6.45, 7) is -7.46. The third-order valence-corrected chi connectivity index (χ3v) is 19.7. The molecule has 1 aromatic rings. The summed E-state index contributed by atoms with van der Waals surface area (Å²) in [6, 6.07) is 4.96. The summed E-state index contributed by atoms with van der Waals surface area (Å²) in [4.78, 5) is -0.529. The lowest BCUT2D eigenvalue weighted by molar-refractivity contribution is -0.403. The maximum Gasteiger partial charge on any atom is 0.297 e. The van der Waals surface area contributed by atoms with Crippen molar-refractivity contribution in [1.29, 1.82) is 0 Å². The van der Waals surface area contributed by atoms with Crippen LogP contribution in [0.1, 0.15) is 5.56 Å². The minimum atomic E-state index is -5.07. The van der Waals surface area contributed by atoms with Gasteiger partial charge in [-0.05, 0) is 19.1 Å². The molecule has 42 nitrogen and oxygen atoms in total. The van der Waals surface area contributed by atoms with Crippen LogP contribution in [0.4, 0.5) is 0 Å². The van der Waals surface area contributed by atoms with Crippen molar-refractivity contribution < 1.29 is 206 Å². The lowest BCUT2D eigenvalue weighted by Gasteiger charge is -2.50. The summed E-state index contributed by atoms with van der Waals surface area (Å²) < 4.78 is 126. The Labute approximate surface area is 554 Å². The Bertz CT molecular complexity index is 2760. The Morgan fingerprint density at radius 1 is 0.265 bits per heavy atom. The van der Waals surface area contributed by atoms with Crippen LogP contribution in [0.3, 0.4) is 0 Å². The van der Waals surface area contributed by atoms with Gasteiger partial charge in [0.05, 0.1) is 57.8 Å². The maximum absolute atomic E-state index is 14.0. The molecule has 0 radical (unpaired) electrons. The molecule has 40 atom stereocenters. The highest BCUT2D eigenvalue weighted by molar-refractivity contribution is 7.86. The summed E-state index contributed by atoms with van der Waals surface area (Å²) in [5.41, 5.74) is 0.580. The van der Waals surface area contributed by atoms with Crippen molar-refractivity contribution in [2.45, 2.75) is 257 Å². The Hall–Kier alpha value is -2.43. The van der Waals surface area contributed by atoms with Crippen LogP contribution >= 0.6 is 0 Å². The standard InChI is InChI=1S/C55H86O42S/c1-14-2-4-15(5-3-14)98(79,80)97-47-38(78)46-23(13-63)88-55(47)96-45-22(12-62)87-53(37(77)30(45)70)94-43-20(10-60)85-51(35(75)28(43)68)92-41-18(8-58)83-49(33(73)26(41)66)90-39-16(6-56)81-48(31(71)24(39)64)89-40-17(7-57)82-50(32(72)25(40)65)91-42-19(9-59)84-52(34(74)27(42)67)93-44-21(11-61)86-54(95-46)36(76)29(44)69/h2-5,16-78H,6-13H2,1H3/t16-,17-,18+,19-,20+,21-,22-,23-,24-,25-,26-,27-,28-,29-,30-,31-,32-,33-,34-,35-,36-,37-,38+,39-,40-,41-,42-,43-,44-,45-,46-,47-,48-,49-,50-,51-,52-,53-,54-,55-/m1/s1. The van der Waals surface area contributed by atoms with E-state index in [0.717, 1.165) is 12.1 Å². The first-order valence-corrected chi connectivity index (χ1v) is 32.5. The predicted octanol–water partition coefficient (Wildman–Crippen LogP) is -15.7. The van der Waals surface area contributed by atoms with E-state index in [2.05, 4.69) is 0 Å². The summed E-state index contributed by atoms with van der Waals surface area (Å²) in [6.07, 6.45) is -85.2. The Balaban J connectivity index is 0.950. The van der Waals surface area contributed by atoms with Crippen molar-refractivity contribution in [2.24, 2.45) is 0 Å². The van der Waals surface area contributed by atoms with Gasteiger partial charge in [-0.2, -0.15) is 8.42 Å². The molecule has 21 heterocycles. The average molecular weight is 1450 g/mol. The van der Waals surface area contributed by atoms with Gasteiger partial charge in [0.25, 0.3) is 10.1 Å². The predicted molar refractivity (Wildman–Crippen MR) is 298 cm³/mol. The van der Waals surface area contributed by atoms with Crippen LogP contribution in [0.5, 0.6) is 0 Å². The van der Waals surface area contributed by atoms with Crippen LogP contribution in [0.2, 0.25) is 0 Å². The fraction of sp³-hybridized carbons (Fsp3) is 0.891. The van der Waals surface area contributed by atoms with Crippen LogP contribution in [0, 0.1) is 6.92 Å². The first-order chi connectivity index (χ1) is 46.6. The highest BCUT2D eigenvalue weighted by Gasteiger charge is 2.61. The molecule has 0 aromatic heterocycles. The number of hydrogen-bond acceptors (Lipinski definition) is 42. The van der Waals surface area contributed by atoms with Crippen molar-refractivity contribution in [2.75, 3.05) is 52.9 Å². The quantitative estimate of drug-likeness (QED) is 0.0915. The fourth-order valence-electron chi connectivity index (χ4n) is 12.9. The van der Waals surface area contributed by atoms with E-state index in [1.54, 1.807) is 6.92 Å². The van der Waals surface area contributed by atoms with Gasteiger partial charge in [-0.1, -0.05) is 17.7 Å². The van der Waals surface area contributed by atoms with Gasteiger partial charge in [-0.3, -0.25) is 4.18 Å². The molecule has 564 valence electrons. The molecule has 21 aliphatic heterocycles. The van der Waals surface area contributed by atoms with E-state index in [9.17, 15) is 126 Å². The summed E-state index contributed by atoms with van der Waals surface area (Å²) in [5.74, 6) is 0. The summed E-state index contributed by atoms with van der Waals surface area (Å²) in [7, 11) is -5.07. The minimum absolute atomic E-state index is 0.529. The molecule has 43 heteroatoms. The van der Waals surface area contributed by atoms with Gasteiger partial charge < -0.3 is 193 Å². The monoisotopic (exact) mass is 1450 g/mol. The average Bonchev–Trinajstić information content (AvgIpc) is 0.775. The van der Waals surface area contributed by atoms with Crippen molar-refractivity contribution >= 4 is 10.1 Å². The van der Waals surface area contributed by atoms with E-state index in [-0.39, 0.29) is 0 Å². The maximum atomic E-state index is 14.0. The molecule has 1 aromatic carbocycles. The zero-order valence-electron chi connectivity index (χ0n) is 51.5. The Morgan fingerprint density at radius 3 is 0.633 bits per heavy atom. The molecule has 22 rings (SSSR count). The largest absolute Gasteiger partial charge is 0.394 e. The van der Waals surface area contributed by atoms with Crippen LogP contribution in [0.25, 0.3) is 0 Å². The summed E-state index contributed by atoms with van der Waals surface area (Å²) in [5, 5.41) is 258. The van der Waals surface area contributed by atoms with Gasteiger partial charge in [0.2, 0.25) is 0 Å². The molecule has 0 spiro atoms. The molecule has 0 unspecified atom stereocenters. The topological polar surface area (TPSA) is 656 Å². The van der Waals surface area contributed by atoms with E-state index in [1.807, 2.05) is 0 Å². The molecular weight excluding hydrogens is 1360 g/mol. The van der Waals surface area contributed by atoms with Gasteiger partial charge in [-0.15, -0.1) is 0 Å². The molecule has 0 amide bonds. The minimum Gasteiger partial charge on any atom is -0.394 e. The molecule has 23 N–H and O–H groups in total. The first-order valence-electron chi connectivity index (χ1n) is 31.1. The normalized spacial score (nSPS) is 51.1. The molecule has 16 bridgehead atoms. The number of aryl methyl sites for hydroxylation is 1. The third kappa shape index (κ3) is 15.6. The SMILES string of the molecule is Cc1ccc(S(=O)(=O)O[C@H]2[C@H]3O[C@H]4[C@H](O)[C@@H](O)[C@@H](O[C@H]5[C@H](O)[C@@H](O)[C@@H](O[C@H]6[C@H](O)[C@@H](O)[C@@H](O[C@H]7[C@H](O)[C@@H](O)[C@@H](O[C@H]8[C@H](O)[C@@H](O)[C@@H](O[C@H]9[C@H](O)[C@@H](O)[C@@H](O[C@H]%10[C@H](O)[C@@H](O)[C@@H](O[C@@H]([C@@H]2O)[C@@H](CO)O3)O[C@@H]%10CO)O[C@@H]9CO)O[C@@H]8CO)O[C@@H]7CO)O[C@H]6CO)O[C@H]5CO)O[C@@H]4CO)cc1. The fourth-order valence-corrected chi connectivity index (χ4v) is 14.0. The number of aliphatic hydroxyl groups excluding tert-OH is 23. The Morgan fingerprint density at radius 2 is 0.439 bits per heavy atom. The lowest BCUT2D eigenvalue weighted by Crippen LogP contribution is -2.69. The molecule has 21 aliphatic rings. The van der Waals surface area contributed by atoms with Gasteiger partial charge in [0.15, 0.2) is 56.4 Å². The van der Waals surface area contributed by atoms with Crippen LogP contribution in [0.15, 0.2) is 29.2 Å². The lowest BCUT2D eigenvalue weighted by atomic mass is 9.94. The second kappa shape index (κ2) is 32.9. The van der Waals surface area contributed by atoms with E-state index >= 15 is 0 Å². The second-order valence-electron chi connectivity index (χ2n) is 24.8. The van der Waals surface area contributed by atoms with Crippen molar-refractivity contribution in [3.8, 4) is 0 Å². The highest BCUT2D eigenvalue weighted by atomic mass is 32.2. The number of hydrogen-bond donors (Lipinski definition) is 23. The first kappa shape index (κ1) is 78.2. The number of rotatable bonds is 11. The van der Waals surface area contributed by atoms with Gasteiger partial charge in [-0.25, -0.2) is 0 Å². The van der Waals surface area contributed by atoms with Gasteiger partial charge in [0, 0.05) is 0 Å². The van der Waals surface area contributed by atoms with Gasteiger partial charge in [0.1, 0.15) is 189 Å². The molecule has 21 saturated heterocycles. The van der Waals surface area contributed by atoms with Crippen molar-refractivity contribution in [1.82, 2.24) is 0 Å². The molecular formula is C55H86O42S. The molecule has 98 heavy (non-hydrogen) atoms. The van der Waals surface area contributed by atoms with E-state index in [1.165, 1.54) is 12.1 Å². The van der Waals surface area contributed by atoms with Crippen LogP contribution < -0.4 is 0 Å². The van der Waals surface area contributed by atoms with E-state index in [0.29, 0.717) is 5.56 Å². The third-order valence-electron chi connectivity index (χ3n) is 18.4. The second-order valence-corrected chi connectivity index (χ2v) is 26.4. The molecule has 21 fully saturated rings. The van der Waals surface area contributed by atoms with E-state index < -0.39 is 314 Å². The van der Waals surface area contributed by atoms with Crippen LogP contribution in [-0.4, -0.2) is 424 Å². The summed E-state index contributed by atoms with van der Waals surface area (Å²) >= 11 is 0. The number of aliphatic hydroxyl groups is 23. The molecule has 0 aliphatic carbocycles. The van der Waals surface area contributed by atoms with E-state index in [4.69, 9.17) is 80.0 Å². The number of benzene rings is 1. The van der Waals surface area contributed by atoms with Crippen molar-refractivity contribution in [3.63, 3.8) is 0 Å². The highest BCUT2D eigenvalue weighted by Crippen LogP contribution is 2.41. The molecule has 0 saturated carbocycles. The van der Waals surface area contributed by atoms with Crippen LogP contribution in [-0.2, 0) is 90.1 Å². The zero-order valence-corrected chi connectivity index (χ0v) is 52.3. The smallest absolute Gasteiger partial charge is 0.297 e. The zero-order chi connectivity index (χ0) is 71.3.